The lowest BCUT2D eigenvalue weighted by molar-refractivity contribution is -0.141. The summed E-state index contributed by atoms with van der Waals surface area (Å²) in [4.78, 5) is 29.8. The van der Waals surface area contributed by atoms with Crippen LogP contribution in [0.2, 0.25) is 5.02 Å². The zero-order chi connectivity index (χ0) is 24.1. The second-order valence-electron chi connectivity index (χ2n) is 9.08. The molecular weight excluding hydrogens is 456 g/mol. The average molecular weight is 489 g/mol. The van der Waals surface area contributed by atoms with E-state index in [1.54, 1.807) is 12.1 Å². The predicted octanol–water partition coefficient (Wildman–Crippen LogP) is 2.86. The van der Waals surface area contributed by atoms with Gasteiger partial charge in [0.15, 0.2) is 0 Å². The molecule has 3 heterocycles. The molecule has 2 saturated heterocycles. The third kappa shape index (κ3) is 6.10. The number of aromatic nitrogens is 2. The summed E-state index contributed by atoms with van der Waals surface area (Å²) < 4.78 is 13.5. The monoisotopic (exact) mass is 488 g/mol. The highest BCUT2D eigenvalue weighted by Crippen LogP contribution is 2.28. The highest BCUT2D eigenvalue weighted by atomic mass is 35.5. The van der Waals surface area contributed by atoms with Crippen LogP contribution in [-0.2, 0) is 27.8 Å². The fourth-order valence-electron chi connectivity index (χ4n) is 4.66. The lowest BCUT2D eigenvalue weighted by Crippen LogP contribution is -2.50. The molecule has 1 aromatic heterocycles. The highest BCUT2D eigenvalue weighted by molar-refractivity contribution is 6.30. The number of benzene rings is 1. The number of piperidine rings is 1. The molecule has 2 amide bonds. The van der Waals surface area contributed by atoms with Crippen molar-refractivity contribution in [1.29, 1.82) is 0 Å². The molecule has 1 aromatic carbocycles. The molecule has 2 fully saturated rings. The van der Waals surface area contributed by atoms with E-state index in [0.29, 0.717) is 75.8 Å². The Hall–Kier alpha value is -2.58. The van der Waals surface area contributed by atoms with Gasteiger partial charge in [0.2, 0.25) is 11.8 Å². The molecule has 2 aliphatic heterocycles. The van der Waals surface area contributed by atoms with Gasteiger partial charge in [0.1, 0.15) is 11.9 Å². The van der Waals surface area contributed by atoms with Crippen molar-refractivity contribution in [1.82, 2.24) is 19.6 Å². The summed E-state index contributed by atoms with van der Waals surface area (Å²) in [5.74, 6) is 0.793. The van der Waals surface area contributed by atoms with Crippen LogP contribution < -0.4 is 4.74 Å². The molecule has 2 aliphatic rings. The summed E-state index contributed by atoms with van der Waals surface area (Å²) in [5, 5.41) is 4.87. The fraction of sp³-hybridized carbons (Fsp3) is 0.560. The number of halogens is 1. The van der Waals surface area contributed by atoms with Crippen LogP contribution in [0.4, 0.5) is 0 Å². The van der Waals surface area contributed by atoms with Crippen molar-refractivity contribution < 1.29 is 19.1 Å². The summed E-state index contributed by atoms with van der Waals surface area (Å²) >= 11 is 6.14. The maximum atomic E-state index is 13.1. The Bertz CT molecular complexity index is 1000. The van der Waals surface area contributed by atoms with Crippen LogP contribution in [0, 0.1) is 12.8 Å². The number of amides is 2. The summed E-state index contributed by atoms with van der Waals surface area (Å²) in [5.41, 5.74) is 2.17. The zero-order valence-electron chi connectivity index (χ0n) is 19.9. The molecular formula is C25H33ClN4O4. The lowest BCUT2D eigenvalue weighted by atomic mass is 9.90. The van der Waals surface area contributed by atoms with Gasteiger partial charge in [0.05, 0.1) is 19.4 Å². The normalized spacial score (nSPS) is 20.9. The van der Waals surface area contributed by atoms with Crippen molar-refractivity contribution in [3.8, 4) is 5.75 Å². The quantitative estimate of drug-likeness (QED) is 0.599. The maximum Gasteiger partial charge on any atom is 0.223 e. The van der Waals surface area contributed by atoms with Crippen molar-refractivity contribution in [2.24, 2.45) is 13.0 Å². The highest BCUT2D eigenvalue weighted by Gasteiger charge is 2.35. The van der Waals surface area contributed by atoms with E-state index in [2.05, 4.69) is 5.10 Å². The minimum atomic E-state index is -0.159. The average Bonchev–Trinajstić information content (AvgIpc) is 3.16. The first-order valence-electron chi connectivity index (χ1n) is 11.9. The van der Waals surface area contributed by atoms with Crippen molar-refractivity contribution in [3.05, 3.63) is 46.7 Å². The number of carbonyl (C=O) groups is 2. The van der Waals surface area contributed by atoms with Crippen molar-refractivity contribution in [3.63, 3.8) is 0 Å². The van der Waals surface area contributed by atoms with E-state index in [-0.39, 0.29) is 23.8 Å². The number of likely N-dealkylation sites (tertiary alicyclic amines) is 1. The smallest absolute Gasteiger partial charge is 0.223 e. The van der Waals surface area contributed by atoms with Gasteiger partial charge in [-0.1, -0.05) is 17.7 Å². The van der Waals surface area contributed by atoms with Gasteiger partial charge in [0, 0.05) is 69.1 Å². The number of morpholine rings is 1. The molecule has 0 saturated carbocycles. The number of carbonyl (C=O) groups excluding carboxylic acids is 2. The van der Waals surface area contributed by atoms with Gasteiger partial charge in [-0.15, -0.1) is 0 Å². The Morgan fingerprint density at radius 3 is 2.68 bits per heavy atom. The summed E-state index contributed by atoms with van der Waals surface area (Å²) in [6.45, 7) is 5.48. The molecule has 184 valence electrons. The van der Waals surface area contributed by atoms with E-state index in [1.807, 2.05) is 46.8 Å². The molecule has 0 spiro atoms. The second-order valence-corrected chi connectivity index (χ2v) is 9.51. The van der Waals surface area contributed by atoms with Crippen LogP contribution in [0.15, 0.2) is 30.5 Å². The number of nitrogens with zero attached hydrogens (tertiary/aromatic N) is 4. The SMILES string of the molecule is Cc1c(CCC(=O)N2CC[C@H](Oc3cccc(Cl)c3)[C@@H](CC(=O)N3CCOCC3)C2)cnn1C. The van der Waals surface area contributed by atoms with Crippen molar-refractivity contribution >= 4 is 23.4 Å². The summed E-state index contributed by atoms with van der Waals surface area (Å²) in [7, 11) is 1.90. The summed E-state index contributed by atoms with van der Waals surface area (Å²) in [6.07, 6.45) is 3.78. The van der Waals surface area contributed by atoms with Crippen molar-refractivity contribution in [2.75, 3.05) is 39.4 Å². The summed E-state index contributed by atoms with van der Waals surface area (Å²) in [6, 6.07) is 7.32. The number of hydrogen-bond acceptors (Lipinski definition) is 5. The molecule has 4 rings (SSSR count). The topological polar surface area (TPSA) is 76.9 Å². The molecule has 9 heteroatoms. The molecule has 0 unspecified atom stereocenters. The van der Waals surface area contributed by atoms with Gasteiger partial charge >= 0.3 is 0 Å². The molecule has 2 atom stereocenters. The Balaban J connectivity index is 1.41. The van der Waals surface area contributed by atoms with E-state index in [9.17, 15) is 9.59 Å². The molecule has 8 nitrogen and oxygen atoms in total. The van der Waals surface area contributed by atoms with Crippen LogP contribution in [0.1, 0.15) is 30.5 Å². The lowest BCUT2D eigenvalue weighted by Gasteiger charge is -2.39. The molecule has 34 heavy (non-hydrogen) atoms. The van der Waals surface area contributed by atoms with E-state index < -0.39 is 0 Å². The Morgan fingerprint density at radius 2 is 1.97 bits per heavy atom. The molecule has 0 N–H and O–H groups in total. The van der Waals surface area contributed by atoms with Crippen molar-refractivity contribution in [2.45, 2.75) is 38.7 Å². The first-order chi connectivity index (χ1) is 16.4. The van der Waals surface area contributed by atoms with Gasteiger partial charge in [-0.2, -0.15) is 5.10 Å². The predicted molar refractivity (Wildman–Crippen MR) is 129 cm³/mol. The standard InChI is InChI=1S/C25H33ClN4O4/c1-18-19(16-27-28(18)2)6-7-24(31)30-9-8-23(34-22-5-3-4-21(26)15-22)20(17-30)14-25(32)29-10-12-33-13-11-29/h3-5,15-16,20,23H,6-14,17H2,1-2H3/t20-,23-/m0/s1. The second kappa shape index (κ2) is 11.2. The number of ether oxygens (including phenoxy) is 2. The maximum absolute atomic E-state index is 13.1. The molecule has 0 radical (unpaired) electrons. The van der Waals surface area contributed by atoms with Gasteiger partial charge in [0.25, 0.3) is 0 Å². The van der Waals surface area contributed by atoms with Gasteiger partial charge in [-0.3, -0.25) is 14.3 Å². The van der Waals surface area contributed by atoms with Crippen LogP contribution in [0.3, 0.4) is 0 Å². The zero-order valence-corrected chi connectivity index (χ0v) is 20.7. The Morgan fingerprint density at radius 1 is 1.18 bits per heavy atom. The van der Waals surface area contributed by atoms with Gasteiger partial charge in [-0.05, 0) is 37.1 Å². The van der Waals surface area contributed by atoms with Crippen LogP contribution >= 0.6 is 11.6 Å². The third-order valence-electron chi connectivity index (χ3n) is 6.85. The number of hydrogen-bond donors (Lipinski definition) is 0. The van der Waals surface area contributed by atoms with Crippen LogP contribution in [-0.4, -0.2) is 76.9 Å². The number of aryl methyl sites for hydroxylation is 2. The first kappa shape index (κ1) is 24.5. The van der Waals surface area contributed by atoms with Gasteiger partial charge < -0.3 is 19.3 Å². The Labute approximate surface area is 205 Å². The van der Waals surface area contributed by atoms with Crippen LogP contribution in [0.25, 0.3) is 0 Å². The third-order valence-corrected chi connectivity index (χ3v) is 7.08. The minimum absolute atomic E-state index is 0.0906. The van der Waals surface area contributed by atoms with E-state index in [0.717, 1.165) is 11.3 Å². The largest absolute Gasteiger partial charge is 0.490 e. The van der Waals surface area contributed by atoms with E-state index >= 15 is 0 Å². The Kier molecular flexibility index (Phi) is 8.11. The minimum Gasteiger partial charge on any atom is -0.490 e. The van der Waals surface area contributed by atoms with E-state index in [4.69, 9.17) is 21.1 Å². The van der Waals surface area contributed by atoms with E-state index in [1.165, 1.54) is 0 Å². The first-order valence-corrected chi connectivity index (χ1v) is 12.3. The molecule has 0 bridgehead atoms. The fourth-order valence-corrected chi connectivity index (χ4v) is 4.84. The molecule has 2 aromatic rings. The van der Waals surface area contributed by atoms with Crippen LogP contribution in [0.5, 0.6) is 5.75 Å². The van der Waals surface area contributed by atoms with Gasteiger partial charge in [-0.25, -0.2) is 0 Å². The number of rotatable bonds is 7. The molecule has 0 aliphatic carbocycles.